The highest BCUT2D eigenvalue weighted by molar-refractivity contribution is 7.17. The molecule has 1 amide bonds. The number of nitrogens with zero attached hydrogens (tertiary/aromatic N) is 1. The van der Waals surface area contributed by atoms with Crippen molar-refractivity contribution in [2.24, 2.45) is 0 Å². The van der Waals surface area contributed by atoms with Crippen LogP contribution >= 0.6 is 22.9 Å². The first-order valence-electron chi connectivity index (χ1n) is 7.97. The first-order valence-corrected chi connectivity index (χ1v) is 9.16. The van der Waals surface area contributed by atoms with E-state index >= 15 is 0 Å². The summed E-state index contributed by atoms with van der Waals surface area (Å²) in [7, 11) is 0. The minimum atomic E-state index is -0.0990. The van der Waals surface area contributed by atoms with Crippen LogP contribution < -0.4 is 4.74 Å². The molecule has 2 aromatic rings. The van der Waals surface area contributed by atoms with Gasteiger partial charge in [0, 0.05) is 25.9 Å². The van der Waals surface area contributed by atoms with Crippen molar-refractivity contribution in [3.63, 3.8) is 0 Å². The number of thiophene rings is 1. The Balaban J connectivity index is 1.44. The molecule has 23 heavy (non-hydrogen) atoms. The summed E-state index contributed by atoms with van der Waals surface area (Å²) in [5, 5.41) is 0. The van der Waals surface area contributed by atoms with Gasteiger partial charge in [0.25, 0.3) is 5.91 Å². The summed E-state index contributed by atoms with van der Waals surface area (Å²) in [4.78, 5) is 15.2. The van der Waals surface area contributed by atoms with Crippen molar-refractivity contribution >= 4 is 28.8 Å². The molecule has 3 heterocycles. The van der Waals surface area contributed by atoms with Crippen molar-refractivity contribution < 1.29 is 9.53 Å². The molecule has 5 heteroatoms. The van der Waals surface area contributed by atoms with Gasteiger partial charge in [-0.3, -0.25) is 4.79 Å². The topological polar surface area (TPSA) is 29.5 Å². The highest BCUT2D eigenvalue weighted by atomic mass is 35.5. The van der Waals surface area contributed by atoms with Crippen LogP contribution in [-0.4, -0.2) is 29.5 Å². The van der Waals surface area contributed by atoms with E-state index in [4.69, 9.17) is 16.3 Å². The van der Waals surface area contributed by atoms with Crippen LogP contribution in [0.25, 0.3) is 0 Å². The molecule has 1 saturated heterocycles. The Bertz CT molecular complexity index is 734. The molecule has 0 atom stereocenters. The molecule has 4 rings (SSSR count). The van der Waals surface area contributed by atoms with Gasteiger partial charge in [-0.2, -0.15) is 0 Å². The number of para-hydroxylation sites is 1. The second-order valence-electron chi connectivity index (χ2n) is 6.29. The Morgan fingerprint density at radius 2 is 1.91 bits per heavy atom. The summed E-state index contributed by atoms with van der Waals surface area (Å²) in [5.41, 5.74) is 1.20. The third-order valence-corrected chi connectivity index (χ3v) is 6.11. The van der Waals surface area contributed by atoms with Crippen LogP contribution in [0.4, 0.5) is 0 Å². The lowest BCUT2D eigenvalue weighted by atomic mass is 9.83. The van der Waals surface area contributed by atoms with Crippen molar-refractivity contribution in [3.8, 4) is 5.75 Å². The van der Waals surface area contributed by atoms with Gasteiger partial charge < -0.3 is 9.64 Å². The van der Waals surface area contributed by atoms with E-state index in [1.54, 1.807) is 6.07 Å². The SMILES string of the molecule is O=C(c1ccc(Cl)s1)N1CCC2(CCc3ccccc3O2)CC1. The van der Waals surface area contributed by atoms with Crippen LogP contribution in [0.1, 0.15) is 34.5 Å². The standard InChI is InChI=1S/C18H18ClNO2S/c19-16-6-5-15(23-16)17(21)20-11-9-18(10-12-20)8-7-13-3-1-2-4-14(13)22-18/h1-6H,7-12H2. The number of benzene rings is 1. The quantitative estimate of drug-likeness (QED) is 0.765. The first kappa shape index (κ1) is 15.0. The fourth-order valence-electron chi connectivity index (χ4n) is 3.51. The molecule has 120 valence electrons. The number of carbonyl (C=O) groups is 1. The summed E-state index contributed by atoms with van der Waals surface area (Å²) in [6.07, 6.45) is 3.89. The molecule has 0 bridgehead atoms. The normalized spacial score (nSPS) is 19.3. The van der Waals surface area contributed by atoms with Crippen LogP contribution in [0.5, 0.6) is 5.75 Å². The molecule has 1 aromatic carbocycles. The number of likely N-dealkylation sites (tertiary alicyclic amines) is 1. The highest BCUT2D eigenvalue weighted by Gasteiger charge is 2.40. The minimum absolute atomic E-state index is 0.0907. The van der Waals surface area contributed by atoms with E-state index < -0.39 is 0 Å². The van der Waals surface area contributed by atoms with Gasteiger partial charge >= 0.3 is 0 Å². The molecule has 3 nitrogen and oxygen atoms in total. The molecule has 1 aromatic heterocycles. The van der Waals surface area contributed by atoms with E-state index in [1.807, 2.05) is 17.0 Å². The van der Waals surface area contributed by atoms with E-state index in [2.05, 4.69) is 18.2 Å². The summed E-state index contributed by atoms with van der Waals surface area (Å²) < 4.78 is 7.00. The van der Waals surface area contributed by atoms with E-state index in [9.17, 15) is 4.79 Å². The molecule has 1 spiro atoms. The number of ether oxygens (including phenoxy) is 1. The summed E-state index contributed by atoms with van der Waals surface area (Å²) >= 11 is 7.29. The first-order chi connectivity index (χ1) is 11.2. The molecule has 0 N–H and O–H groups in total. The van der Waals surface area contributed by atoms with Gasteiger partial charge in [-0.25, -0.2) is 0 Å². The molecule has 0 saturated carbocycles. The average Bonchev–Trinajstić information content (AvgIpc) is 3.01. The molecular weight excluding hydrogens is 330 g/mol. The zero-order chi connectivity index (χ0) is 15.9. The maximum atomic E-state index is 12.5. The average molecular weight is 348 g/mol. The van der Waals surface area contributed by atoms with Gasteiger partial charge in [0.05, 0.1) is 9.21 Å². The monoisotopic (exact) mass is 347 g/mol. The Morgan fingerprint density at radius 3 is 2.65 bits per heavy atom. The predicted octanol–water partition coefficient (Wildman–Crippen LogP) is 4.40. The number of aryl methyl sites for hydroxylation is 1. The van der Waals surface area contributed by atoms with Crippen molar-refractivity contribution in [3.05, 3.63) is 51.2 Å². The van der Waals surface area contributed by atoms with E-state index in [1.165, 1.54) is 16.9 Å². The van der Waals surface area contributed by atoms with Crippen LogP contribution in [-0.2, 0) is 6.42 Å². The van der Waals surface area contributed by atoms with Gasteiger partial charge in [0.1, 0.15) is 11.4 Å². The number of amides is 1. The third kappa shape index (κ3) is 2.86. The number of piperidine rings is 1. The second kappa shape index (κ2) is 5.84. The van der Waals surface area contributed by atoms with Crippen molar-refractivity contribution in [2.45, 2.75) is 31.3 Å². The highest BCUT2D eigenvalue weighted by Crippen LogP contribution is 2.39. The zero-order valence-electron chi connectivity index (χ0n) is 12.8. The van der Waals surface area contributed by atoms with E-state index in [0.29, 0.717) is 4.34 Å². The molecule has 1 fully saturated rings. The van der Waals surface area contributed by atoms with Crippen LogP contribution in [0.3, 0.4) is 0 Å². The molecule has 2 aliphatic rings. The summed E-state index contributed by atoms with van der Waals surface area (Å²) in [6.45, 7) is 1.49. The van der Waals surface area contributed by atoms with Gasteiger partial charge in [-0.05, 0) is 36.6 Å². The number of halogens is 1. The van der Waals surface area contributed by atoms with Gasteiger partial charge in [-0.15, -0.1) is 11.3 Å². The summed E-state index contributed by atoms with van der Waals surface area (Å²) in [5.74, 6) is 1.11. The smallest absolute Gasteiger partial charge is 0.263 e. The lowest BCUT2D eigenvalue weighted by Crippen LogP contribution is -2.51. The molecule has 0 aliphatic carbocycles. The van der Waals surface area contributed by atoms with Gasteiger partial charge in [0.15, 0.2) is 0 Å². The van der Waals surface area contributed by atoms with Crippen molar-refractivity contribution in [1.82, 2.24) is 4.90 Å². The lowest BCUT2D eigenvalue weighted by Gasteiger charge is -2.44. The third-order valence-electron chi connectivity index (χ3n) is 4.89. The Kier molecular flexibility index (Phi) is 3.82. The minimum Gasteiger partial charge on any atom is -0.487 e. The fourth-order valence-corrected chi connectivity index (χ4v) is 4.52. The van der Waals surface area contributed by atoms with Crippen LogP contribution in [0, 0.1) is 0 Å². The van der Waals surface area contributed by atoms with Crippen LogP contribution in [0.2, 0.25) is 4.34 Å². The van der Waals surface area contributed by atoms with Gasteiger partial charge in [-0.1, -0.05) is 29.8 Å². The van der Waals surface area contributed by atoms with Crippen molar-refractivity contribution in [2.75, 3.05) is 13.1 Å². The van der Waals surface area contributed by atoms with Crippen LogP contribution in [0.15, 0.2) is 36.4 Å². The largest absolute Gasteiger partial charge is 0.487 e. The number of hydrogen-bond donors (Lipinski definition) is 0. The Hall–Kier alpha value is -1.52. The molecule has 2 aliphatic heterocycles. The maximum absolute atomic E-state index is 12.5. The zero-order valence-corrected chi connectivity index (χ0v) is 14.3. The van der Waals surface area contributed by atoms with Gasteiger partial charge in [0.2, 0.25) is 0 Å². The number of fused-ring (bicyclic) bond motifs is 1. The van der Waals surface area contributed by atoms with E-state index in [-0.39, 0.29) is 11.5 Å². The number of hydrogen-bond acceptors (Lipinski definition) is 3. The fraction of sp³-hybridized carbons (Fsp3) is 0.389. The summed E-state index contributed by atoms with van der Waals surface area (Å²) in [6, 6.07) is 11.9. The lowest BCUT2D eigenvalue weighted by molar-refractivity contribution is -0.0105. The Labute approximate surface area is 144 Å². The molecular formula is C18H18ClNO2S. The number of rotatable bonds is 1. The molecule has 0 unspecified atom stereocenters. The number of carbonyl (C=O) groups excluding carboxylic acids is 1. The second-order valence-corrected chi connectivity index (χ2v) is 8.00. The predicted molar refractivity (Wildman–Crippen MR) is 92.6 cm³/mol. The maximum Gasteiger partial charge on any atom is 0.263 e. The Morgan fingerprint density at radius 1 is 1.13 bits per heavy atom. The van der Waals surface area contributed by atoms with E-state index in [0.717, 1.165) is 49.4 Å². The molecule has 0 radical (unpaired) electrons. The van der Waals surface area contributed by atoms with Crippen molar-refractivity contribution in [1.29, 1.82) is 0 Å².